The van der Waals surface area contributed by atoms with E-state index < -0.39 is 0 Å². The van der Waals surface area contributed by atoms with Crippen LogP contribution >= 0.6 is 0 Å². The van der Waals surface area contributed by atoms with Gasteiger partial charge in [-0.05, 0) is 17.6 Å². The summed E-state index contributed by atoms with van der Waals surface area (Å²) in [6, 6.07) is 0. The van der Waals surface area contributed by atoms with Gasteiger partial charge in [0.2, 0.25) is 0 Å². The van der Waals surface area contributed by atoms with Crippen LogP contribution in [0.25, 0.3) is 0 Å². The van der Waals surface area contributed by atoms with Crippen molar-refractivity contribution in [1.82, 2.24) is 5.32 Å². The molecule has 2 N–H and O–H groups in total. The molecule has 13 heavy (non-hydrogen) atoms. The minimum Gasteiger partial charge on any atom is -0.394 e. The minimum absolute atomic E-state index is 0.198. The second-order valence-electron chi connectivity index (χ2n) is 4.11. The van der Waals surface area contributed by atoms with Crippen LogP contribution in [0.3, 0.4) is 0 Å². The summed E-state index contributed by atoms with van der Waals surface area (Å²) >= 11 is 0. The zero-order chi connectivity index (χ0) is 10.3. The molecule has 0 aromatic heterocycles. The first-order valence-electron chi connectivity index (χ1n) is 4.38. The summed E-state index contributed by atoms with van der Waals surface area (Å²) < 4.78 is 0. The van der Waals surface area contributed by atoms with Gasteiger partial charge in [-0.3, -0.25) is 5.41 Å². The third-order valence-corrected chi connectivity index (χ3v) is 1.23. The molecule has 0 saturated heterocycles. The molecule has 0 aromatic rings. The smallest absolute Gasteiger partial charge is 0.267 e. The van der Waals surface area contributed by atoms with Gasteiger partial charge in [0, 0.05) is 13.3 Å². The highest BCUT2D eigenvalue weighted by molar-refractivity contribution is 6.45. The fourth-order valence-electron chi connectivity index (χ4n) is 0.634. The molecule has 0 radical (unpaired) electrons. The number of nitrogens with zero attached hydrogens (tertiary/aromatic N) is 1. The first-order chi connectivity index (χ1) is 5.95. The molecule has 0 spiro atoms. The molecular formula is C9H18BN3. The largest absolute Gasteiger partial charge is 0.394 e. The molecule has 0 rings (SSSR count). The van der Waals surface area contributed by atoms with Crippen molar-refractivity contribution >= 4 is 19.3 Å². The van der Waals surface area contributed by atoms with Gasteiger partial charge >= 0.3 is 0 Å². The van der Waals surface area contributed by atoms with Crippen LogP contribution in [0, 0.1) is 5.41 Å². The molecule has 0 bridgehead atoms. The molecular weight excluding hydrogens is 161 g/mol. The third-order valence-electron chi connectivity index (χ3n) is 1.23. The molecule has 0 aliphatic carbocycles. The van der Waals surface area contributed by atoms with Crippen molar-refractivity contribution < 1.29 is 0 Å². The van der Waals surface area contributed by atoms with Gasteiger partial charge in [0.1, 0.15) is 0 Å². The van der Waals surface area contributed by atoms with Gasteiger partial charge in [0.15, 0.2) is 0 Å². The summed E-state index contributed by atoms with van der Waals surface area (Å²) in [6.45, 7) is 6.37. The zero-order valence-corrected chi connectivity index (χ0v) is 8.89. The van der Waals surface area contributed by atoms with E-state index in [0.717, 1.165) is 7.41 Å². The third kappa shape index (κ3) is 8.85. The lowest BCUT2D eigenvalue weighted by Crippen LogP contribution is -2.07. The summed E-state index contributed by atoms with van der Waals surface area (Å²) in [5.41, 5.74) is 0.415. The summed E-state index contributed by atoms with van der Waals surface area (Å²) in [5.74, 6) is 0. The van der Waals surface area contributed by atoms with Crippen molar-refractivity contribution in [1.29, 1.82) is 5.41 Å². The highest BCUT2D eigenvalue weighted by Gasteiger charge is 2.10. The predicted octanol–water partition coefficient (Wildman–Crippen LogP) is 1.38. The molecule has 4 heteroatoms. The second kappa shape index (κ2) is 5.57. The maximum Gasteiger partial charge on any atom is 0.267 e. The molecule has 0 heterocycles. The Bertz CT molecular complexity index is 213. The average Bonchev–Trinajstić information content (AvgIpc) is 1.98. The Morgan fingerprint density at radius 1 is 1.46 bits per heavy atom. The lowest BCUT2D eigenvalue weighted by Gasteiger charge is -2.11. The van der Waals surface area contributed by atoms with Gasteiger partial charge in [-0.15, -0.1) is 0 Å². The number of nitrogens with one attached hydrogen (secondary N) is 2. The Morgan fingerprint density at radius 3 is 2.54 bits per heavy atom. The van der Waals surface area contributed by atoms with Gasteiger partial charge < -0.3 is 10.2 Å². The Labute approximate surface area is 81.1 Å². The molecule has 0 saturated carbocycles. The lowest BCUT2D eigenvalue weighted by molar-refractivity contribution is 0.752. The molecule has 0 atom stereocenters. The molecule has 0 aliphatic heterocycles. The van der Waals surface area contributed by atoms with Crippen molar-refractivity contribution in [2.24, 2.45) is 4.90 Å². The van der Waals surface area contributed by atoms with E-state index in [1.54, 1.807) is 25.5 Å². The lowest BCUT2D eigenvalue weighted by atomic mass is 9.65. The maximum absolute atomic E-state index is 7.42. The van der Waals surface area contributed by atoms with E-state index in [0.29, 0.717) is 5.71 Å². The first-order valence-corrected chi connectivity index (χ1v) is 4.38. The number of hydrogen-bond acceptors (Lipinski definition) is 3. The van der Waals surface area contributed by atoms with E-state index in [2.05, 4.69) is 31.0 Å². The molecule has 0 fully saturated rings. The molecule has 0 aromatic carbocycles. The maximum atomic E-state index is 7.42. The quantitative estimate of drug-likeness (QED) is 0.497. The van der Waals surface area contributed by atoms with E-state index in [9.17, 15) is 0 Å². The molecule has 0 unspecified atom stereocenters. The Morgan fingerprint density at radius 2 is 2.08 bits per heavy atom. The van der Waals surface area contributed by atoms with Crippen LogP contribution in [0.15, 0.2) is 17.2 Å². The number of allylic oxidation sites excluding steroid dienone is 1. The SMILES string of the molecule is CN/C=C\C(=N)/C=N/BC(C)(C)C. The summed E-state index contributed by atoms with van der Waals surface area (Å²) in [6.07, 6.45) is 4.97. The van der Waals surface area contributed by atoms with Crippen molar-refractivity contribution in [2.45, 2.75) is 26.1 Å². The first kappa shape index (κ1) is 11.9. The highest BCUT2D eigenvalue weighted by Crippen LogP contribution is 2.19. The van der Waals surface area contributed by atoms with Gasteiger partial charge in [-0.25, -0.2) is 0 Å². The topological polar surface area (TPSA) is 48.2 Å². The Hall–Kier alpha value is -1.06. The van der Waals surface area contributed by atoms with E-state index in [1.807, 2.05) is 0 Å². The second-order valence-corrected chi connectivity index (χ2v) is 4.11. The van der Waals surface area contributed by atoms with E-state index in [-0.39, 0.29) is 5.31 Å². The van der Waals surface area contributed by atoms with Crippen LogP contribution in [0.1, 0.15) is 20.8 Å². The standard InChI is InChI=1S/C9H18BN3/c1-9(2,3)10-13-7-8(11)5-6-12-4/h5-7,10-12H,1-4H3/b6-5-,11-8?,13-7+. The zero-order valence-electron chi connectivity index (χ0n) is 8.89. The molecule has 0 aliphatic rings. The van der Waals surface area contributed by atoms with Crippen molar-refractivity contribution in [3.8, 4) is 0 Å². The van der Waals surface area contributed by atoms with Crippen molar-refractivity contribution in [3.05, 3.63) is 12.3 Å². The van der Waals surface area contributed by atoms with Crippen molar-refractivity contribution in [2.75, 3.05) is 7.05 Å². The van der Waals surface area contributed by atoms with Gasteiger partial charge in [0.05, 0.1) is 5.71 Å². The van der Waals surface area contributed by atoms with Crippen LogP contribution in [0.4, 0.5) is 0 Å². The summed E-state index contributed by atoms with van der Waals surface area (Å²) in [4.78, 5) is 4.17. The monoisotopic (exact) mass is 179 g/mol. The minimum atomic E-state index is 0.198. The fourth-order valence-corrected chi connectivity index (χ4v) is 0.634. The predicted molar refractivity (Wildman–Crippen MR) is 61.3 cm³/mol. The van der Waals surface area contributed by atoms with E-state index >= 15 is 0 Å². The summed E-state index contributed by atoms with van der Waals surface area (Å²) in [7, 11) is 2.55. The van der Waals surface area contributed by atoms with Crippen LogP contribution in [-0.2, 0) is 0 Å². The normalized spacial score (nSPS) is 12.3. The van der Waals surface area contributed by atoms with Gasteiger partial charge in [-0.2, -0.15) is 0 Å². The Kier molecular flexibility index (Phi) is 5.11. The summed E-state index contributed by atoms with van der Waals surface area (Å²) in [5, 5.41) is 10.4. The van der Waals surface area contributed by atoms with Crippen LogP contribution in [0.2, 0.25) is 5.31 Å². The van der Waals surface area contributed by atoms with Crippen LogP contribution < -0.4 is 5.32 Å². The van der Waals surface area contributed by atoms with E-state index in [4.69, 9.17) is 5.41 Å². The number of rotatable bonds is 4. The van der Waals surface area contributed by atoms with Gasteiger partial charge in [0.25, 0.3) is 7.41 Å². The number of hydrogen-bond donors (Lipinski definition) is 2. The average molecular weight is 179 g/mol. The fraction of sp³-hybridized carbons (Fsp3) is 0.556. The van der Waals surface area contributed by atoms with Crippen molar-refractivity contribution in [3.63, 3.8) is 0 Å². The van der Waals surface area contributed by atoms with E-state index in [1.165, 1.54) is 0 Å². The van der Waals surface area contributed by atoms with Crippen LogP contribution in [-0.4, -0.2) is 26.4 Å². The molecule has 3 nitrogen and oxygen atoms in total. The molecule has 0 amide bonds. The Balaban J connectivity index is 3.86. The van der Waals surface area contributed by atoms with Gasteiger partial charge in [-0.1, -0.05) is 20.8 Å². The van der Waals surface area contributed by atoms with Crippen LogP contribution in [0.5, 0.6) is 0 Å². The highest BCUT2D eigenvalue weighted by atomic mass is 14.8. The molecule has 72 valence electrons.